The molecule has 0 unspecified atom stereocenters. The third kappa shape index (κ3) is 4.77. The minimum atomic E-state index is -5.02. The molecule has 0 atom stereocenters. The molecular formula is C15H11BrF5N3O4. The molecule has 28 heavy (non-hydrogen) atoms. The first-order valence-electron chi connectivity index (χ1n) is 7.29. The normalized spacial score (nSPS) is 12.0. The highest BCUT2D eigenvalue weighted by Gasteiger charge is 2.41. The van der Waals surface area contributed by atoms with Gasteiger partial charge in [0, 0.05) is 24.7 Å². The van der Waals surface area contributed by atoms with Gasteiger partial charge in [-0.15, -0.1) is 13.2 Å². The number of aromatic carboxylic acids is 1. The zero-order valence-corrected chi connectivity index (χ0v) is 15.4. The van der Waals surface area contributed by atoms with Crippen molar-refractivity contribution in [1.82, 2.24) is 15.1 Å². The van der Waals surface area contributed by atoms with Crippen molar-refractivity contribution in [2.45, 2.75) is 18.8 Å². The van der Waals surface area contributed by atoms with Crippen LogP contribution in [0.25, 0.3) is 0 Å². The molecule has 0 aliphatic rings. The highest BCUT2D eigenvalue weighted by molar-refractivity contribution is 9.10. The van der Waals surface area contributed by atoms with Crippen molar-refractivity contribution in [1.29, 1.82) is 0 Å². The number of aromatic nitrogens is 2. The van der Waals surface area contributed by atoms with E-state index in [2.05, 4.69) is 25.8 Å². The first-order valence-corrected chi connectivity index (χ1v) is 8.08. The number of carbonyl (C=O) groups is 2. The predicted molar refractivity (Wildman–Crippen MR) is 86.7 cm³/mol. The lowest BCUT2D eigenvalue weighted by Crippen LogP contribution is -2.38. The number of carbonyl (C=O) groups excluding carboxylic acids is 1. The lowest BCUT2D eigenvalue weighted by atomic mass is 10.1. The van der Waals surface area contributed by atoms with Gasteiger partial charge in [-0.2, -0.15) is 13.9 Å². The number of carboxylic acids is 1. The van der Waals surface area contributed by atoms with Gasteiger partial charge in [0.2, 0.25) is 0 Å². The van der Waals surface area contributed by atoms with Gasteiger partial charge in [0.05, 0.1) is 10.7 Å². The van der Waals surface area contributed by atoms with E-state index >= 15 is 0 Å². The molecule has 0 bridgehead atoms. The molecule has 0 radical (unpaired) electrons. The maximum absolute atomic E-state index is 14.3. The lowest BCUT2D eigenvalue weighted by Gasteiger charge is -2.18. The zero-order valence-electron chi connectivity index (χ0n) is 13.9. The third-order valence-corrected chi connectivity index (χ3v) is 4.08. The van der Waals surface area contributed by atoms with Gasteiger partial charge in [-0.05, 0) is 34.1 Å². The fourth-order valence-electron chi connectivity index (χ4n) is 2.21. The van der Waals surface area contributed by atoms with Crippen LogP contribution in [0.5, 0.6) is 5.75 Å². The van der Waals surface area contributed by atoms with Crippen molar-refractivity contribution in [3.63, 3.8) is 0 Å². The van der Waals surface area contributed by atoms with Crippen LogP contribution in [0, 0.1) is 0 Å². The Morgan fingerprint density at radius 2 is 1.93 bits per heavy atom. The van der Waals surface area contributed by atoms with E-state index in [9.17, 15) is 31.5 Å². The van der Waals surface area contributed by atoms with E-state index in [4.69, 9.17) is 5.11 Å². The summed E-state index contributed by atoms with van der Waals surface area (Å²) in [6.07, 6.45) is -3.92. The number of ether oxygens (including phenoxy) is 1. The maximum Gasteiger partial charge on any atom is 0.573 e. The van der Waals surface area contributed by atoms with Crippen LogP contribution in [0.4, 0.5) is 22.0 Å². The summed E-state index contributed by atoms with van der Waals surface area (Å²) in [6.45, 7) is -0.541. The van der Waals surface area contributed by atoms with Gasteiger partial charge in [-0.1, -0.05) is 0 Å². The molecule has 1 aromatic heterocycles. The lowest BCUT2D eigenvalue weighted by molar-refractivity contribution is -0.274. The summed E-state index contributed by atoms with van der Waals surface area (Å²) in [4.78, 5) is 23.0. The molecule has 2 rings (SSSR count). The average molecular weight is 472 g/mol. The van der Waals surface area contributed by atoms with Crippen molar-refractivity contribution >= 4 is 27.8 Å². The number of amides is 1. The molecule has 1 heterocycles. The van der Waals surface area contributed by atoms with E-state index in [1.54, 1.807) is 0 Å². The van der Waals surface area contributed by atoms with E-state index in [-0.39, 0.29) is 11.3 Å². The fourth-order valence-corrected chi connectivity index (χ4v) is 2.67. The fraction of sp³-hybridized carbons (Fsp3) is 0.267. The van der Waals surface area contributed by atoms with Crippen LogP contribution in [0.1, 0.15) is 21.6 Å². The molecule has 0 saturated carbocycles. The van der Waals surface area contributed by atoms with Crippen molar-refractivity contribution < 1.29 is 41.4 Å². The number of alkyl halides is 5. The number of halogens is 6. The maximum atomic E-state index is 14.3. The molecule has 152 valence electrons. The molecule has 0 fully saturated rings. The Balaban J connectivity index is 2.17. The van der Waals surface area contributed by atoms with Crippen LogP contribution in [0.2, 0.25) is 0 Å². The van der Waals surface area contributed by atoms with Crippen LogP contribution >= 0.6 is 15.9 Å². The summed E-state index contributed by atoms with van der Waals surface area (Å²) in [6, 6.07) is 1.86. The number of rotatable bonds is 6. The molecule has 1 amide bonds. The van der Waals surface area contributed by atoms with Crippen molar-refractivity contribution in [3.05, 3.63) is 45.7 Å². The molecular weight excluding hydrogens is 461 g/mol. The van der Waals surface area contributed by atoms with Crippen LogP contribution in [-0.4, -0.2) is 33.1 Å². The molecule has 2 aromatic rings. The van der Waals surface area contributed by atoms with E-state index < -0.39 is 46.5 Å². The minimum Gasteiger partial charge on any atom is -0.477 e. The highest BCUT2D eigenvalue weighted by Crippen LogP contribution is 2.36. The van der Waals surface area contributed by atoms with E-state index in [1.165, 1.54) is 7.05 Å². The van der Waals surface area contributed by atoms with Gasteiger partial charge < -0.3 is 15.2 Å². The predicted octanol–water partition coefficient (Wildman–Crippen LogP) is 3.19. The van der Waals surface area contributed by atoms with Crippen molar-refractivity contribution in [2.75, 3.05) is 0 Å². The minimum absolute atomic E-state index is 0.00532. The van der Waals surface area contributed by atoms with Crippen LogP contribution in [0.3, 0.4) is 0 Å². The standard InChI is InChI=1S/C15H11BrF5N3O4/c1-24-11(12(25)26)7(6-23-24)5-22-13(27)14(17,18)8-2-3-10(9(16)4-8)28-15(19,20)21/h2-4,6H,5H2,1H3,(H,22,27)(H,25,26). The van der Waals surface area contributed by atoms with E-state index in [0.29, 0.717) is 18.2 Å². The van der Waals surface area contributed by atoms with E-state index in [1.807, 2.05) is 5.32 Å². The largest absolute Gasteiger partial charge is 0.573 e. The number of hydrogen-bond donors (Lipinski definition) is 2. The van der Waals surface area contributed by atoms with Gasteiger partial charge in [0.1, 0.15) is 5.75 Å². The molecule has 2 N–H and O–H groups in total. The Morgan fingerprint density at radius 3 is 2.46 bits per heavy atom. The number of nitrogens with zero attached hydrogens (tertiary/aromatic N) is 2. The summed E-state index contributed by atoms with van der Waals surface area (Å²) in [7, 11) is 1.32. The molecule has 13 heteroatoms. The van der Waals surface area contributed by atoms with Crippen LogP contribution < -0.4 is 10.1 Å². The van der Waals surface area contributed by atoms with Gasteiger partial charge in [-0.25, -0.2) is 4.79 Å². The van der Waals surface area contributed by atoms with Crippen LogP contribution in [-0.2, 0) is 24.3 Å². The van der Waals surface area contributed by atoms with Crippen molar-refractivity contribution in [3.8, 4) is 5.75 Å². The second kappa shape index (κ2) is 7.73. The second-order valence-electron chi connectivity index (χ2n) is 5.40. The molecule has 7 nitrogen and oxygen atoms in total. The van der Waals surface area contributed by atoms with Gasteiger partial charge in [0.25, 0.3) is 5.91 Å². The number of carboxylic acid groups (broad SMARTS) is 1. The first kappa shape index (κ1) is 21.6. The highest BCUT2D eigenvalue weighted by atomic mass is 79.9. The molecule has 0 aliphatic heterocycles. The number of hydrogen-bond acceptors (Lipinski definition) is 4. The van der Waals surface area contributed by atoms with Crippen molar-refractivity contribution in [2.24, 2.45) is 7.05 Å². The van der Waals surface area contributed by atoms with Gasteiger partial charge in [0.15, 0.2) is 5.69 Å². The summed E-state index contributed by atoms with van der Waals surface area (Å²) < 4.78 is 69.6. The topological polar surface area (TPSA) is 93.5 Å². The van der Waals surface area contributed by atoms with E-state index in [0.717, 1.165) is 10.9 Å². The Morgan fingerprint density at radius 1 is 1.29 bits per heavy atom. The van der Waals surface area contributed by atoms with Gasteiger partial charge >= 0.3 is 18.3 Å². The van der Waals surface area contributed by atoms with Gasteiger partial charge in [-0.3, -0.25) is 9.48 Å². The summed E-state index contributed by atoms with van der Waals surface area (Å²) in [5.74, 6) is -8.00. The Labute approximate surface area is 162 Å². The molecule has 0 saturated heterocycles. The first-order chi connectivity index (χ1) is 12.8. The molecule has 1 aromatic carbocycles. The number of benzene rings is 1. The Kier molecular flexibility index (Phi) is 5.97. The zero-order chi connectivity index (χ0) is 21.3. The third-order valence-electron chi connectivity index (χ3n) is 3.46. The summed E-state index contributed by atoms with van der Waals surface area (Å²) in [5.41, 5.74) is -1.19. The Bertz CT molecular complexity index is 914. The molecule has 0 spiro atoms. The number of nitrogens with one attached hydrogen (secondary N) is 1. The SMILES string of the molecule is Cn1ncc(CNC(=O)C(F)(F)c2ccc(OC(F)(F)F)c(Br)c2)c1C(=O)O. The molecule has 0 aliphatic carbocycles. The van der Waals surface area contributed by atoms with Crippen LogP contribution in [0.15, 0.2) is 28.9 Å². The second-order valence-corrected chi connectivity index (χ2v) is 6.25. The smallest absolute Gasteiger partial charge is 0.477 e. The quantitative estimate of drug-likeness (QED) is 0.631. The average Bonchev–Trinajstić information content (AvgIpc) is 2.94. The monoisotopic (exact) mass is 471 g/mol. The number of aryl methyl sites for hydroxylation is 1. The summed E-state index contributed by atoms with van der Waals surface area (Å²) >= 11 is 2.68. The Hall–Kier alpha value is -2.70. The summed E-state index contributed by atoms with van der Waals surface area (Å²) in [5, 5.41) is 14.6.